The van der Waals surface area contributed by atoms with E-state index in [4.69, 9.17) is 14.2 Å². The highest BCUT2D eigenvalue weighted by Gasteiger charge is 2.12. The number of ether oxygens (including phenoxy) is 3. The fraction of sp³-hybridized carbons (Fsp3) is 0.0455. The number of para-hydroxylation sites is 1. The highest BCUT2D eigenvalue weighted by molar-refractivity contribution is 6.02. The highest BCUT2D eigenvalue weighted by atomic mass is 16.7. The third kappa shape index (κ3) is 4.27. The first-order valence-corrected chi connectivity index (χ1v) is 8.48. The third-order valence-corrected chi connectivity index (χ3v) is 3.92. The molecule has 0 aromatic heterocycles. The van der Waals surface area contributed by atoms with Crippen molar-refractivity contribution in [2.24, 2.45) is 0 Å². The molecule has 0 spiro atoms. The number of hydrogen-bond donors (Lipinski definition) is 1. The summed E-state index contributed by atoms with van der Waals surface area (Å²) >= 11 is 0. The molecule has 0 saturated heterocycles. The largest absolute Gasteiger partial charge is 0.457 e. The van der Waals surface area contributed by atoms with Crippen molar-refractivity contribution in [1.29, 1.82) is 0 Å². The van der Waals surface area contributed by atoms with Crippen molar-refractivity contribution in [3.63, 3.8) is 0 Å². The van der Waals surface area contributed by atoms with Gasteiger partial charge in [0.1, 0.15) is 11.5 Å². The van der Waals surface area contributed by atoms with E-state index in [0.717, 1.165) is 17.1 Å². The number of carbonyl (C=O) groups excluding carboxylic acids is 1. The molecule has 5 heteroatoms. The lowest BCUT2D eigenvalue weighted by molar-refractivity contribution is -0.111. The van der Waals surface area contributed by atoms with Crippen LogP contribution in [0.15, 0.2) is 78.9 Å². The van der Waals surface area contributed by atoms with Gasteiger partial charge in [0.2, 0.25) is 12.7 Å². The quantitative estimate of drug-likeness (QED) is 0.661. The van der Waals surface area contributed by atoms with Gasteiger partial charge in [0, 0.05) is 11.8 Å². The Morgan fingerprint density at radius 1 is 0.889 bits per heavy atom. The first kappa shape index (κ1) is 16.7. The van der Waals surface area contributed by atoms with E-state index in [1.165, 1.54) is 6.08 Å². The third-order valence-electron chi connectivity index (χ3n) is 3.92. The van der Waals surface area contributed by atoms with Gasteiger partial charge in [-0.3, -0.25) is 4.79 Å². The van der Waals surface area contributed by atoms with Crippen LogP contribution in [-0.4, -0.2) is 12.7 Å². The predicted molar refractivity (Wildman–Crippen MR) is 103 cm³/mol. The van der Waals surface area contributed by atoms with Crippen LogP contribution in [0.25, 0.3) is 6.08 Å². The number of nitrogens with one attached hydrogen (secondary N) is 1. The Hall–Kier alpha value is -3.73. The molecule has 1 aliphatic rings. The van der Waals surface area contributed by atoms with Gasteiger partial charge in [-0.2, -0.15) is 0 Å². The number of hydrogen-bond acceptors (Lipinski definition) is 4. The van der Waals surface area contributed by atoms with Crippen molar-refractivity contribution in [3.05, 3.63) is 84.4 Å². The van der Waals surface area contributed by atoms with E-state index >= 15 is 0 Å². The molecule has 134 valence electrons. The molecule has 0 unspecified atom stereocenters. The smallest absolute Gasteiger partial charge is 0.248 e. The van der Waals surface area contributed by atoms with Crippen molar-refractivity contribution >= 4 is 17.7 Å². The van der Waals surface area contributed by atoms with Gasteiger partial charge < -0.3 is 19.5 Å². The maximum Gasteiger partial charge on any atom is 0.248 e. The van der Waals surface area contributed by atoms with Gasteiger partial charge in [0.25, 0.3) is 0 Å². The van der Waals surface area contributed by atoms with Gasteiger partial charge in [0.15, 0.2) is 11.5 Å². The van der Waals surface area contributed by atoms with Gasteiger partial charge >= 0.3 is 0 Å². The molecule has 1 amide bonds. The zero-order chi connectivity index (χ0) is 18.5. The van der Waals surface area contributed by atoms with Crippen LogP contribution >= 0.6 is 0 Å². The number of rotatable bonds is 5. The standard InChI is InChI=1S/C22H17NO4/c24-22(13-7-16-6-12-20-21(14-16)26-15-25-20)23-17-8-10-19(11-9-17)27-18-4-2-1-3-5-18/h1-14H,15H2,(H,23,24). The maximum atomic E-state index is 12.1. The van der Waals surface area contributed by atoms with Gasteiger partial charge in [0.05, 0.1) is 0 Å². The molecule has 3 aromatic rings. The van der Waals surface area contributed by atoms with Crippen LogP contribution in [-0.2, 0) is 4.79 Å². The first-order valence-electron chi connectivity index (χ1n) is 8.48. The van der Waals surface area contributed by atoms with E-state index in [1.54, 1.807) is 18.2 Å². The summed E-state index contributed by atoms with van der Waals surface area (Å²) in [7, 11) is 0. The second kappa shape index (κ2) is 7.66. The van der Waals surface area contributed by atoms with Gasteiger partial charge in [-0.15, -0.1) is 0 Å². The van der Waals surface area contributed by atoms with E-state index in [9.17, 15) is 4.79 Å². The molecule has 5 nitrogen and oxygen atoms in total. The average molecular weight is 359 g/mol. The molecule has 0 fully saturated rings. The van der Waals surface area contributed by atoms with Crippen molar-refractivity contribution < 1.29 is 19.0 Å². The molecule has 0 aliphatic carbocycles. The summed E-state index contributed by atoms with van der Waals surface area (Å²) < 4.78 is 16.3. The predicted octanol–water partition coefficient (Wildman–Crippen LogP) is 4.86. The molecule has 0 radical (unpaired) electrons. The fourth-order valence-corrected chi connectivity index (χ4v) is 2.60. The van der Waals surface area contributed by atoms with Crippen molar-refractivity contribution in [2.75, 3.05) is 12.1 Å². The van der Waals surface area contributed by atoms with Crippen molar-refractivity contribution in [3.8, 4) is 23.0 Å². The second-order valence-electron chi connectivity index (χ2n) is 5.87. The van der Waals surface area contributed by atoms with E-state index in [-0.39, 0.29) is 12.7 Å². The molecule has 4 rings (SSSR count). The zero-order valence-electron chi connectivity index (χ0n) is 14.4. The van der Waals surface area contributed by atoms with Crippen LogP contribution in [0.3, 0.4) is 0 Å². The molecule has 27 heavy (non-hydrogen) atoms. The summed E-state index contributed by atoms with van der Waals surface area (Å²) in [6, 6.07) is 22.3. The second-order valence-corrected chi connectivity index (χ2v) is 5.87. The van der Waals surface area contributed by atoms with Crippen LogP contribution < -0.4 is 19.5 Å². The summed E-state index contributed by atoms with van der Waals surface area (Å²) in [6.07, 6.45) is 3.20. The summed E-state index contributed by atoms with van der Waals surface area (Å²) in [5.41, 5.74) is 1.55. The SMILES string of the molecule is O=C(C=Cc1ccc2c(c1)OCO2)Nc1ccc(Oc2ccccc2)cc1. The molecule has 0 bridgehead atoms. The molecular weight excluding hydrogens is 342 g/mol. The lowest BCUT2D eigenvalue weighted by atomic mass is 10.2. The van der Waals surface area contributed by atoms with E-state index in [1.807, 2.05) is 60.7 Å². The number of amides is 1. The number of benzene rings is 3. The number of fused-ring (bicyclic) bond motifs is 1. The van der Waals surface area contributed by atoms with E-state index in [0.29, 0.717) is 17.2 Å². The Balaban J connectivity index is 1.35. The first-order chi connectivity index (χ1) is 13.3. The Labute approximate surface area is 156 Å². The molecule has 1 N–H and O–H groups in total. The zero-order valence-corrected chi connectivity index (χ0v) is 14.4. The van der Waals surface area contributed by atoms with E-state index < -0.39 is 0 Å². The van der Waals surface area contributed by atoms with Gasteiger partial charge in [-0.05, 0) is 60.2 Å². The Bertz CT molecular complexity index is 965. The van der Waals surface area contributed by atoms with Crippen LogP contribution in [0.1, 0.15) is 5.56 Å². The fourth-order valence-electron chi connectivity index (χ4n) is 2.60. The molecule has 3 aromatic carbocycles. The summed E-state index contributed by atoms with van der Waals surface area (Å²) in [5.74, 6) is 2.65. The normalized spacial score (nSPS) is 12.1. The minimum Gasteiger partial charge on any atom is -0.457 e. The molecule has 0 atom stereocenters. The van der Waals surface area contributed by atoms with Crippen molar-refractivity contribution in [1.82, 2.24) is 0 Å². The topological polar surface area (TPSA) is 56.8 Å². The lowest BCUT2D eigenvalue weighted by Gasteiger charge is -2.07. The monoisotopic (exact) mass is 359 g/mol. The molecular formula is C22H17NO4. The summed E-state index contributed by atoms with van der Waals surface area (Å²) in [6.45, 7) is 0.229. The van der Waals surface area contributed by atoms with Gasteiger partial charge in [-0.1, -0.05) is 24.3 Å². The van der Waals surface area contributed by atoms with Crippen LogP contribution in [0, 0.1) is 0 Å². The summed E-state index contributed by atoms with van der Waals surface area (Å²) in [5, 5.41) is 2.82. The molecule has 1 heterocycles. The van der Waals surface area contributed by atoms with Crippen LogP contribution in [0.5, 0.6) is 23.0 Å². The molecule has 1 aliphatic heterocycles. The summed E-state index contributed by atoms with van der Waals surface area (Å²) in [4.78, 5) is 12.1. The minimum absolute atomic E-state index is 0.218. The maximum absolute atomic E-state index is 12.1. The average Bonchev–Trinajstić information content (AvgIpc) is 3.17. The van der Waals surface area contributed by atoms with Crippen molar-refractivity contribution in [2.45, 2.75) is 0 Å². The Kier molecular flexibility index (Phi) is 4.74. The van der Waals surface area contributed by atoms with E-state index in [2.05, 4.69) is 5.32 Å². The minimum atomic E-state index is -0.218. The van der Waals surface area contributed by atoms with Crippen LogP contribution in [0.2, 0.25) is 0 Å². The van der Waals surface area contributed by atoms with Gasteiger partial charge in [-0.25, -0.2) is 0 Å². The number of anilines is 1. The number of carbonyl (C=O) groups is 1. The molecule has 0 saturated carbocycles. The Morgan fingerprint density at radius 2 is 1.63 bits per heavy atom. The van der Waals surface area contributed by atoms with Crippen LogP contribution in [0.4, 0.5) is 5.69 Å². The Morgan fingerprint density at radius 3 is 2.44 bits per heavy atom. The highest BCUT2D eigenvalue weighted by Crippen LogP contribution is 2.32. The lowest BCUT2D eigenvalue weighted by Crippen LogP contribution is -2.07.